The zero-order valence-corrected chi connectivity index (χ0v) is 16.3. The zero-order chi connectivity index (χ0) is 19.3. The van der Waals surface area contributed by atoms with Gasteiger partial charge in [0.1, 0.15) is 11.5 Å². The molecule has 0 amide bonds. The van der Waals surface area contributed by atoms with Crippen molar-refractivity contribution in [2.24, 2.45) is 5.92 Å². The van der Waals surface area contributed by atoms with Crippen molar-refractivity contribution < 1.29 is 4.52 Å². The van der Waals surface area contributed by atoms with Crippen LogP contribution in [0.2, 0.25) is 0 Å². The van der Waals surface area contributed by atoms with Crippen molar-refractivity contribution in [3.8, 4) is 5.82 Å². The second kappa shape index (κ2) is 6.70. The Labute approximate surface area is 162 Å². The SMILES string of the molecule is Cc1cc(C)n(-c2ccc(=O)n(CC3CN(Cc4noc5c4CCC5)C3)n2)n1. The molecule has 8 heteroatoms. The first-order valence-electron chi connectivity index (χ1n) is 9.87. The van der Waals surface area contributed by atoms with E-state index in [4.69, 9.17) is 4.52 Å². The van der Waals surface area contributed by atoms with Gasteiger partial charge in [-0.2, -0.15) is 5.10 Å². The fourth-order valence-corrected chi connectivity index (χ4v) is 4.33. The van der Waals surface area contributed by atoms with Crippen LogP contribution in [-0.2, 0) is 25.9 Å². The summed E-state index contributed by atoms with van der Waals surface area (Å²) in [6, 6.07) is 5.31. The minimum atomic E-state index is -0.0712. The molecule has 1 saturated heterocycles. The Morgan fingerprint density at radius 1 is 1.18 bits per heavy atom. The predicted octanol–water partition coefficient (Wildman–Crippen LogP) is 1.65. The van der Waals surface area contributed by atoms with E-state index in [0.717, 1.165) is 55.3 Å². The van der Waals surface area contributed by atoms with Gasteiger partial charge in [-0.3, -0.25) is 9.69 Å². The molecule has 1 aliphatic heterocycles. The Balaban J connectivity index is 1.24. The number of aryl methyl sites for hydroxylation is 3. The molecule has 0 N–H and O–H groups in total. The van der Waals surface area contributed by atoms with Gasteiger partial charge >= 0.3 is 0 Å². The van der Waals surface area contributed by atoms with Gasteiger partial charge in [-0.1, -0.05) is 5.16 Å². The Morgan fingerprint density at radius 2 is 2.04 bits per heavy atom. The molecule has 28 heavy (non-hydrogen) atoms. The van der Waals surface area contributed by atoms with Crippen molar-refractivity contribution in [1.82, 2.24) is 29.6 Å². The van der Waals surface area contributed by atoms with E-state index in [-0.39, 0.29) is 5.56 Å². The fourth-order valence-electron chi connectivity index (χ4n) is 4.33. The highest BCUT2D eigenvalue weighted by molar-refractivity contribution is 5.27. The van der Waals surface area contributed by atoms with Gasteiger partial charge in [0.2, 0.25) is 0 Å². The number of hydrogen-bond acceptors (Lipinski definition) is 6. The molecule has 0 aromatic carbocycles. The lowest BCUT2D eigenvalue weighted by Gasteiger charge is -2.38. The summed E-state index contributed by atoms with van der Waals surface area (Å²) < 4.78 is 8.79. The number of nitrogens with zero attached hydrogens (tertiary/aromatic N) is 6. The highest BCUT2D eigenvalue weighted by Crippen LogP contribution is 2.28. The molecule has 2 aliphatic rings. The van der Waals surface area contributed by atoms with Crippen LogP contribution in [-0.4, -0.2) is 42.7 Å². The van der Waals surface area contributed by atoms with Crippen LogP contribution < -0.4 is 5.56 Å². The predicted molar refractivity (Wildman–Crippen MR) is 102 cm³/mol. The van der Waals surface area contributed by atoms with Crippen molar-refractivity contribution in [1.29, 1.82) is 0 Å². The van der Waals surface area contributed by atoms with Gasteiger partial charge in [0.25, 0.3) is 5.56 Å². The maximum absolute atomic E-state index is 12.3. The lowest BCUT2D eigenvalue weighted by Crippen LogP contribution is -2.49. The van der Waals surface area contributed by atoms with Crippen molar-refractivity contribution in [2.45, 2.75) is 46.2 Å². The first-order valence-corrected chi connectivity index (χ1v) is 9.87. The first kappa shape index (κ1) is 17.4. The number of fused-ring (bicyclic) bond motifs is 1. The molecule has 3 aromatic rings. The highest BCUT2D eigenvalue weighted by atomic mass is 16.5. The van der Waals surface area contributed by atoms with Gasteiger partial charge < -0.3 is 4.52 Å². The Morgan fingerprint density at radius 3 is 2.82 bits per heavy atom. The van der Waals surface area contributed by atoms with E-state index in [0.29, 0.717) is 18.3 Å². The van der Waals surface area contributed by atoms with Crippen molar-refractivity contribution in [2.75, 3.05) is 13.1 Å². The summed E-state index contributed by atoms with van der Waals surface area (Å²) in [7, 11) is 0. The van der Waals surface area contributed by atoms with Crippen LogP contribution in [0.1, 0.15) is 34.8 Å². The molecule has 0 unspecified atom stereocenters. The lowest BCUT2D eigenvalue weighted by molar-refractivity contribution is 0.0740. The van der Waals surface area contributed by atoms with E-state index in [1.165, 1.54) is 12.0 Å². The van der Waals surface area contributed by atoms with E-state index in [1.54, 1.807) is 21.5 Å². The molecule has 5 rings (SSSR count). The summed E-state index contributed by atoms with van der Waals surface area (Å²) in [6.07, 6.45) is 3.28. The fraction of sp³-hybridized carbons (Fsp3) is 0.500. The van der Waals surface area contributed by atoms with Crippen molar-refractivity contribution in [3.63, 3.8) is 0 Å². The third-order valence-corrected chi connectivity index (χ3v) is 5.70. The molecule has 3 aromatic heterocycles. The van der Waals surface area contributed by atoms with Crippen LogP contribution in [0, 0.1) is 19.8 Å². The van der Waals surface area contributed by atoms with E-state index < -0.39 is 0 Å². The summed E-state index contributed by atoms with van der Waals surface area (Å²) in [5.41, 5.74) is 4.28. The van der Waals surface area contributed by atoms with Gasteiger partial charge in [0.15, 0.2) is 5.82 Å². The zero-order valence-electron chi connectivity index (χ0n) is 16.3. The standard InChI is InChI=1S/C20H24N6O2/c1-13-8-14(2)26(21-13)19-6-7-20(27)25(22-19)11-15-9-24(10-15)12-17-16-4-3-5-18(16)28-23-17/h6-8,15H,3-5,9-12H2,1-2H3. The topological polar surface area (TPSA) is 82.0 Å². The van der Waals surface area contributed by atoms with Crippen molar-refractivity contribution >= 4 is 0 Å². The van der Waals surface area contributed by atoms with E-state index in [1.807, 2.05) is 19.9 Å². The first-order chi connectivity index (χ1) is 13.6. The molecule has 4 heterocycles. The van der Waals surface area contributed by atoms with Crippen LogP contribution in [0.5, 0.6) is 0 Å². The average Bonchev–Trinajstić information content (AvgIpc) is 3.32. The van der Waals surface area contributed by atoms with E-state index >= 15 is 0 Å². The summed E-state index contributed by atoms with van der Waals surface area (Å²) in [5.74, 6) is 2.17. The normalized spacial score (nSPS) is 17.1. The summed E-state index contributed by atoms with van der Waals surface area (Å²) >= 11 is 0. The minimum absolute atomic E-state index is 0.0712. The minimum Gasteiger partial charge on any atom is -0.361 e. The molecule has 0 spiro atoms. The molecule has 0 saturated carbocycles. The molecule has 8 nitrogen and oxygen atoms in total. The number of aromatic nitrogens is 5. The summed E-state index contributed by atoms with van der Waals surface area (Å²) in [4.78, 5) is 14.6. The van der Waals surface area contributed by atoms with Gasteiger partial charge in [-0.05, 0) is 38.8 Å². The monoisotopic (exact) mass is 380 g/mol. The highest BCUT2D eigenvalue weighted by Gasteiger charge is 2.30. The lowest BCUT2D eigenvalue weighted by atomic mass is 9.99. The van der Waals surface area contributed by atoms with Gasteiger partial charge in [-0.25, -0.2) is 9.36 Å². The molecule has 1 aliphatic carbocycles. The average molecular weight is 380 g/mol. The molecule has 146 valence electrons. The van der Waals surface area contributed by atoms with E-state index in [9.17, 15) is 4.79 Å². The Kier molecular flexibility index (Phi) is 4.16. The second-order valence-electron chi connectivity index (χ2n) is 8.00. The van der Waals surface area contributed by atoms with Crippen molar-refractivity contribution in [3.05, 3.63) is 57.0 Å². The third kappa shape index (κ3) is 3.07. The van der Waals surface area contributed by atoms with Crippen LogP contribution in [0.15, 0.2) is 27.5 Å². The van der Waals surface area contributed by atoms with Gasteiger partial charge in [0, 0.05) is 49.3 Å². The number of rotatable bonds is 5. The quantitative estimate of drug-likeness (QED) is 0.669. The summed E-state index contributed by atoms with van der Waals surface area (Å²) in [5, 5.41) is 13.3. The smallest absolute Gasteiger partial charge is 0.266 e. The second-order valence-corrected chi connectivity index (χ2v) is 8.00. The molecule has 0 bridgehead atoms. The van der Waals surface area contributed by atoms with Crippen LogP contribution >= 0.6 is 0 Å². The largest absolute Gasteiger partial charge is 0.361 e. The van der Waals surface area contributed by atoms with Gasteiger partial charge in [-0.15, -0.1) is 5.10 Å². The summed E-state index contributed by atoms with van der Waals surface area (Å²) in [6.45, 7) is 7.29. The third-order valence-electron chi connectivity index (χ3n) is 5.70. The van der Waals surface area contributed by atoms with Crippen LogP contribution in [0.25, 0.3) is 5.82 Å². The molecular weight excluding hydrogens is 356 g/mol. The van der Waals surface area contributed by atoms with Crippen LogP contribution in [0.4, 0.5) is 0 Å². The van der Waals surface area contributed by atoms with Gasteiger partial charge in [0.05, 0.1) is 12.2 Å². The molecule has 1 fully saturated rings. The van der Waals surface area contributed by atoms with E-state index in [2.05, 4.69) is 20.3 Å². The molecular formula is C20H24N6O2. The number of likely N-dealkylation sites (tertiary alicyclic amines) is 1. The number of hydrogen-bond donors (Lipinski definition) is 0. The maximum atomic E-state index is 12.3. The van der Waals surface area contributed by atoms with Crippen LogP contribution in [0.3, 0.4) is 0 Å². The molecule has 0 radical (unpaired) electrons. The molecule has 0 atom stereocenters. The Bertz CT molecular complexity index is 1070. The Hall–Kier alpha value is -2.74. The maximum Gasteiger partial charge on any atom is 0.266 e.